The van der Waals surface area contributed by atoms with E-state index in [0.717, 1.165) is 0 Å². The van der Waals surface area contributed by atoms with Gasteiger partial charge < -0.3 is 15.0 Å². The molecule has 0 aliphatic heterocycles. The van der Waals surface area contributed by atoms with Crippen molar-refractivity contribution in [3.63, 3.8) is 0 Å². The summed E-state index contributed by atoms with van der Waals surface area (Å²) >= 11 is 5.78. The van der Waals surface area contributed by atoms with Crippen LogP contribution in [0.15, 0.2) is 47.4 Å². The number of aliphatic hydroxyl groups excluding tert-OH is 1. The Morgan fingerprint density at radius 2 is 1.95 bits per heavy atom. The second-order valence-corrected chi connectivity index (χ2v) is 5.30. The van der Waals surface area contributed by atoms with Crippen LogP contribution in [0.3, 0.4) is 0 Å². The summed E-state index contributed by atoms with van der Waals surface area (Å²) in [6.45, 7) is 2.37. The van der Waals surface area contributed by atoms with Crippen LogP contribution in [0.1, 0.15) is 25.0 Å². The maximum Gasteiger partial charge on any atom is 0.250 e. The van der Waals surface area contributed by atoms with E-state index in [1.165, 1.54) is 10.6 Å². The minimum atomic E-state index is -0.908. The van der Waals surface area contributed by atoms with Crippen molar-refractivity contribution in [2.45, 2.75) is 26.0 Å². The molecule has 0 aliphatic carbocycles. The Bertz CT molecular complexity index is 710. The van der Waals surface area contributed by atoms with Crippen molar-refractivity contribution in [1.82, 2.24) is 4.57 Å². The van der Waals surface area contributed by atoms with Crippen LogP contribution in [0, 0.1) is 0 Å². The van der Waals surface area contributed by atoms with Crippen LogP contribution in [0.4, 0.5) is 5.69 Å². The number of halogens is 1. The fourth-order valence-corrected chi connectivity index (χ4v) is 2.17. The van der Waals surface area contributed by atoms with Gasteiger partial charge in [0.15, 0.2) is 0 Å². The first-order valence-corrected chi connectivity index (χ1v) is 7.31. The fourth-order valence-electron chi connectivity index (χ4n) is 2.04. The smallest absolute Gasteiger partial charge is 0.250 e. The van der Waals surface area contributed by atoms with E-state index in [2.05, 4.69) is 5.32 Å². The second kappa shape index (κ2) is 7.24. The molecule has 0 saturated carbocycles. The molecule has 1 atom stereocenters. The Morgan fingerprint density at radius 3 is 2.59 bits per heavy atom. The molecule has 22 heavy (non-hydrogen) atoms. The van der Waals surface area contributed by atoms with Crippen molar-refractivity contribution >= 4 is 23.2 Å². The van der Waals surface area contributed by atoms with E-state index in [1.54, 1.807) is 36.5 Å². The van der Waals surface area contributed by atoms with Crippen LogP contribution in [-0.4, -0.2) is 15.6 Å². The molecule has 116 valence electrons. The average molecular weight is 321 g/mol. The Morgan fingerprint density at radius 1 is 1.27 bits per heavy atom. The van der Waals surface area contributed by atoms with Crippen LogP contribution in [-0.2, 0) is 11.3 Å². The second-order valence-electron chi connectivity index (χ2n) is 4.86. The maximum absolute atomic E-state index is 12.0. The van der Waals surface area contributed by atoms with Crippen molar-refractivity contribution in [2.75, 3.05) is 5.32 Å². The van der Waals surface area contributed by atoms with Crippen LogP contribution < -0.4 is 10.9 Å². The van der Waals surface area contributed by atoms with Crippen LogP contribution in [0.2, 0.25) is 5.02 Å². The van der Waals surface area contributed by atoms with Gasteiger partial charge in [-0.2, -0.15) is 0 Å². The lowest BCUT2D eigenvalue weighted by Gasteiger charge is -2.12. The van der Waals surface area contributed by atoms with Gasteiger partial charge in [0, 0.05) is 23.8 Å². The summed E-state index contributed by atoms with van der Waals surface area (Å²) in [5, 5.41) is 13.3. The van der Waals surface area contributed by atoms with Gasteiger partial charge in [-0.05, 0) is 30.7 Å². The first-order valence-electron chi connectivity index (χ1n) is 6.93. The molecule has 2 rings (SSSR count). The molecule has 0 fully saturated rings. The van der Waals surface area contributed by atoms with E-state index in [9.17, 15) is 14.7 Å². The van der Waals surface area contributed by atoms with Crippen LogP contribution >= 0.6 is 11.6 Å². The molecule has 0 bridgehead atoms. The van der Waals surface area contributed by atoms with E-state index in [1.807, 2.05) is 6.92 Å². The highest BCUT2D eigenvalue weighted by molar-refractivity contribution is 6.30. The molecule has 0 spiro atoms. The number of amides is 1. The highest BCUT2D eigenvalue weighted by Crippen LogP contribution is 2.19. The van der Waals surface area contributed by atoms with Gasteiger partial charge in [0.1, 0.15) is 0 Å². The summed E-state index contributed by atoms with van der Waals surface area (Å²) in [7, 11) is 0. The minimum absolute atomic E-state index is 0.0765. The normalized spacial score (nSPS) is 12.0. The fraction of sp³-hybridized carbons (Fsp3) is 0.250. The van der Waals surface area contributed by atoms with Crippen LogP contribution in [0.25, 0.3) is 0 Å². The lowest BCUT2D eigenvalue weighted by molar-refractivity contribution is -0.118. The summed E-state index contributed by atoms with van der Waals surface area (Å²) in [6.07, 6.45) is 0.594. The summed E-state index contributed by atoms with van der Waals surface area (Å²) in [6, 6.07) is 9.62. The van der Waals surface area contributed by atoms with Gasteiger partial charge in [-0.1, -0.05) is 23.7 Å². The predicted octanol–water partition coefficient (Wildman–Crippen LogP) is 2.58. The van der Waals surface area contributed by atoms with Crippen molar-refractivity contribution in [3.8, 4) is 0 Å². The quantitative estimate of drug-likeness (QED) is 0.889. The van der Waals surface area contributed by atoms with E-state index in [0.29, 0.717) is 22.8 Å². The number of hydrogen-bond acceptors (Lipinski definition) is 3. The molecule has 0 radical (unpaired) electrons. The van der Waals surface area contributed by atoms with Gasteiger partial charge in [0.2, 0.25) is 5.91 Å². The Kier molecular flexibility index (Phi) is 5.35. The van der Waals surface area contributed by atoms with Crippen molar-refractivity contribution in [1.29, 1.82) is 0 Å². The number of carbonyl (C=O) groups is 1. The lowest BCUT2D eigenvalue weighted by atomic mass is 10.1. The minimum Gasteiger partial charge on any atom is -0.388 e. The number of hydrogen-bond donors (Lipinski definition) is 2. The number of aromatic nitrogens is 1. The molecule has 1 heterocycles. The van der Waals surface area contributed by atoms with Crippen LogP contribution in [0.5, 0.6) is 0 Å². The van der Waals surface area contributed by atoms with E-state index < -0.39 is 6.10 Å². The molecule has 2 N–H and O–H groups in total. The molecule has 1 amide bonds. The summed E-state index contributed by atoms with van der Waals surface area (Å²) in [5.41, 5.74) is 1.02. The zero-order valence-corrected chi connectivity index (χ0v) is 12.9. The Hall–Kier alpha value is -2.11. The van der Waals surface area contributed by atoms with Crippen molar-refractivity contribution in [3.05, 3.63) is 63.5 Å². The van der Waals surface area contributed by atoms with Gasteiger partial charge in [-0.3, -0.25) is 9.59 Å². The van der Waals surface area contributed by atoms with E-state index in [-0.39, 0.29) is 17.9 Å². The molecular formula is C16H17ClN2O3. The molecule has 0 aliphatic rings. The molecule has 1 aromatic heterocycles. The third-order valence-electron chi connectivity index (χ3n) is 3.24. The van der Waals surface area contributed by atoms with Gasteiger partial charge in [-0.25, -0.2) is 0 Å². The van der Waals surface area contributed by atoms with Gasteiger partial charge in [-0.15, -0.1) is 0 Å². The number of aryl methyl sites for hydroxylation is 1. The molecule has 1 unspecified atom stereocenters. The third-order valence-corrected chi connectivity index (χ3v) is 3.49. The summed E-state index contributed by atoms with van der Waals surface area (Å²) in [4.78, 5) is 23.4. The zero-order chi connectivity index (χ0) is 16.1. The van der Waals surface area contributed by atoms with Gasteiger partial charge in [0.25, 0.3) is 5.56 Å². The van der Waals surface area contributed by atoms with E-state index >= 15 is 0 Å². The maximum atomic E-state index is 12.0. The molecule has 0 saturated heterocycles. The zero-order valence-electron chi connectivity index (χ0n) is 12.1. The van der Waals surface area contributed by atoms with Crippen molar-refractivity contribution in [2.24, 2.45) is 0 Å². The van der Waals surface area contributed by atoms with Crippen molar-refractivity contribution < 1.29 is 9.90 Å². The number of anilines is 1. The standard InChI is InChI=1S/C16H17ClN2O3/c1-2-19-10-13(7-8-16(19)22)18-15(21)9-14(20)11-3-5-12(17)6-4-11/h3-8,10,14,20H,2,9H2,1H3,(H,18,21). The first-order chi connectivity index (χ1) is 10.5. The number of nitrogens with one attached hydrogen (secondary N) is 1. The number of pyridine rings is 1. The SMILES string of the molecule is CCn1cc(NC(=O)CC(O)c2ccc(Cl)cc2)ccc1=O. The van der Waals surface area contributed by atoms with Gasteiger partial charge >= 0.3 is 0 Å². The Labute approximate surface area is 133 Å². The molecule has 1 aromatic carbocycles. The summed E-state index contributed by atoms with van der Waals surface area (Å²) in [5.74, 6) is -0.330. The molecule has 6 heteroatoms. The predicted molar refractivity (Wildman–Crippen MR) is 86.0 cm³/mol. The number of nitrogens with zero attached hydrogens (tertiary/aromatic N) is 1. The number of aliphatic hydroxyl groups is 1. The first kappa shape index (κ1) is 16.3. The topological polar surface area (TPSA) is 71.3 Å². The third kappa shape index (κ3) is 4.19. The van der Waals surface area contributed by atoms with E-state index in [4.69, 9.17) is 11.6 Å². The number of carbonyl (C=O) groups excluding carboxylic acids is 1. The largest absolute Gasteiger partial charge is 0.388 e. The molecule has 2 aromatic rings. The lowest BCUT2D eigenvalue weighted by Crippen LogP contribution is -2.20. The number of rotatable bonds is 5. The highest BCUT2D eigenvalue weighted by atomic mass is 35.5. The summed E-state index contributed by atoms with van der Waals surface area (Å²) < 4.78 is 1.49. The molecule has 5 nitrogen and oxygen atoms in total. The Balaban J connectivity index is 2.00. The highest BCUT2D eigenvalue weighted by Gasteiger charge is 2.13. The molecular weight excluding hydrogens is 304 g/mol. The average Bonchev–Trinajstić information content (AvgIpc) is 2.49. The van der Waals surface area contributed by atoms with Gasteiger partial charge in [0.05, 0.1) is 18.2 Å². The number of benzene rings is 1. The monoisotopic (exact) mass is 320 g/mol.